The Kier molecular flexibility index (Phi) is 5.86. The number of aliphatic hydroxyl groups is 4. The Balaban J connectivity index is 2.10. The Labute approximate surface area is 137 Å². The fourth-order valence-electron chi connectivity index (χ4n) is 2.03. The predicted octanol–water partition coefficient (Wildman–Crippen LogP) is 0.669. The number of rotatable bonds is 6. The van der Waals surface area contributed by atoms with Crippen molar-refractivity contribution >= 4 is 34.5 Å². The van der Waals surface area contributed by atoms with Gasteiger partial charge in [0.2, 0.25) is 0 Å². The van der Waals surface area contributed by atoms with Gasteiger partial charge in [0.1, 0.15) is 24.1 Å². The van der Waals surface area contributed by atoms with Crippen molar-refractivity contribution in [2.24, 2.45) is 5.10 Å². The molecule has 0 fully saturated rings. The fourth-order valence-corrected chi connectivity index (χ4v) is 2.20. The van der Waals surface area contributed by atoms with Crippen LogP contribution in [0.4, 0.5) is 5.82 Å². The highest BCUT2D eigenvalue weighted by Crippen LogP contribution is 2.23. The molecule has 0 saturated carbocycles. The first-order chi connectivity index (χ1) is 10.9. The van der Waals surface area contributed by atoms with Crippen LogP contribution in [0.1, 0.15) is 5.56 Å². The summed E-state index contributed by atoms with van der Waals surface area (Å²) in [5.41, 5.74) is 4.33. The van der Waals surface area contributed by atoms with Gasteiger partial charge < -0.3 is 20.4 Å². The molecule has 7 nitrogen and oxygen atoms in total. The maximum Gasteiger partial charge on any atom is 0.147 e. The van der Waals surface area contributed by atoms with Gasteiger partial charge in [-0.25, -0.2) is 4.98 Å². The second kappa shape index (κ2) is 7.67. The van der Waals surface area contributed by atoms with Crippen LogP contribution in [-0.4, -0.2) is 56.5 Å². The number of nitrogens with one attached hydrogen (secondary N) is 1. The normalized spacial score (nSPS) is 15.7. The van der Waals surface area contributed by atoms with Crippen LogP contribution < -0.4 is 5.43 Å². The van der Waals surface area contributed by atoms with Crippen molar-refractivity contribution in [1.29, 1.82) is 0 Å². The van der Waals surface area contributed by atoms with Gasteiger partial charge in [-0.2, -0.15) is 5.10 Å². The van der Waals surface area contributed by atoms with E-state index in [9.17, 15) is 15.3 Å². The van der Waals surface area contributed by atoms with E-state index in [1.54, 1.807) is 18.2 Å². The van der Waals surface area contributed by atoms with E-state index in [-0.39, 0.29) is 0 Å². The van der Waals surface area contributed by atoms with Gasteiger partial charge in [0, 0.05) is 10.4 Å². The van der Waals surface area contributed by atoms with Crippen LogP contribution in [0.5, 0.6) is 0 Å². The predicted molar refractivity (Wildman–Crippen MR) is 88.7 cm³/mol. The molecule has 0 aliphatic carbocycles. The molecule has 1 aromatic carbocycles. The SMILES string of the molecule is Cc1cc(N/N=C/[C@H](O)[C@@H](O)[C@H](O)CO)nc2ccc(Cl)cc12. The first-order valence-electron chi connectivity index (χ1n) is 6.93. The number of hydrogen-bond donors (Lipinski definition) is 5. The number of aliphatic hydroxyl groups excluding tert-OH is 4. The van der Waals surface area contributed by atoms with Crippen LogP contribution in [-0.2, 0) is 0 Å². The van der Waals surface area contributed by atoms with Crippen molar-refractivity contribution in [3.8, 4) is 0 Å². The fraction of sp³-hybridized carbons (Fsp3) is 0.333. The Hall–Kier alpha value is -1.77. The van der Waals surface area contributed by atoms with Gasteiger partial charge in [-0.3, -0.25) is 5.43 Å². The number of pyridine rings is 1. The Morgan fingerprint density at radius 2 is 2.04 bits per heavy atom. The number of aromatic nitrogens is 1. The maximum absolute atomic E-state index is 9.61. The van der Waals surface area contributed by atoms with Gasteiger partial charge in [-0.1, -0.05) is 11.6 Å². The molecule has 3 atom stereocenters. The zero-order chi connectivity index (χ0) is 17.0. The second-order valence-electron chi connectivity index (χ2n) is 5.11. The summed E-state index contributed by atoms with van der Waals surface area (Å²) in [6.45, 7) is 1.25. The zero-order valence-electron chi connectivity index (χ0n) is 12.4. The van der Waals surface area contributed by atoms with Gasteiger partial charge >= 0.3 is 0 Å². The minimum atomic E-state index is -1.53. The van der Waals surface area contributed by atoms with Crippen LogP contribution in [0.3, 0.4) is 0 Å². The van der Waals surface area contributed by atoms with Crippen LogP contribution in [0.25, 0.3) is 10.9 Å². The lowest BCUT2D eigenvalue weighted by atomic mass is 10.1. The summed E-state index contributed by atoms with van der Waals surface area (Å²) in [4.78, 5) is 4.35. The van der Waals surface area contributed by atoms with Gasteiger partial charge in [0.15, 0.2) is 0 Å². The molecule has 1 heterocycles. The molecule has 1 aromatic heterocycles. The molecule has 2 rings (SSSR count). The summed E-state index contributed by atoms with van der Waals surface area (Å²) in [6, 6.07) is 7.11. The highest BCUT2D eigenvalue weighted by Gasteiger charge is 2.22. The first-order valence-corrected chi connectivity index (χ1v) is 7.31. The molecule has 0 saturated heterocycles. The van der Waals surface area contributed by atoms with E-state index in [2.05, 4.69) is 15.5 Å². The minimum Gasteiger partial charge on any atom is -0.394 e. The zero-order valence-corrected chi connectivity index (χ0v) is 13.1. The smallest absolute Gasteiger partial charge is 0.147 e. The second-order valence-corrected chi connectivity index (χ2v) is 5.54. The van der Waals surface area contributed by atoms with E-state index < -0.39 is 24.9 Å². The standard InChI is InChI=1S/C15H18ClN3O4/c1-8-4-14(18-11-3-2-9(16)5-10(8)11)19-17-6-12(21)15(23)13(22)7-20/h2-6,12-13,15,20-23H,7H2,1H3,(H,18,19)/b17-6+/t12-,13+,15+/m0/s1. The number of halogens is 1. The lowest BCUT2D eigenvalue weighted by Crippen LogP contribution is -2.40. The largest absolute Gasteiger partial charge is 0.394 e. The van der Waals surface area contributed by atoms with E-state index in [0.717, 1.165) is 22.7 Å². The molecule has 0 spiro atoms. The van der Waals surface area contributed by atoms with Crippen molar-refractivity contribution in [3.63, 3.8) is 0 Å². The number of fused-ring (bicyclic) bond motifs is 1. The maximum atomic E-state index is 9.61. The molecule has 23 heavy (non-hydrogen) atoms. The Bertz CT molecular complexity index is 710. The molecule has 8 heteroatoms. The molecule has 5 N–H and O–H groups in total. The molecule has 2 aromatic rings. The van der Waals surface area contributed by atoms with Crippen LogP contribution in [0, 0.1) is 6.92 Å². The summed E-state index contributed by atoms with van der Waals surface area (Å²) >= 11 is 5.96. The Morgan fingerprint density at radius 1 is 1.30 bits per heavy atom. The summed E-state index contributed by atoms with van der Waals surface area (Å²) in [5, 5.41) is 42.4. The van der Waals surface area contributed by atoms with Crippen molar-refractivity contribution < 1.29 is 20.4 Å². The number of aryl methyl sites for hydroxylation is 1. The van der Waals surface area contributed by atoms with E-state index >= 15 is 0 Å². The van der Waals surface area contributed by atoms with Gasteiger partial charge in [-0.05, 0) is 36.8 Å². The number of benzene rings is 1. The molecule has 124 valence electrons. The van der Waals surface area contributed by atoms with Crippen molar-refractivity contribution in [2.75, 3.05) is 12.0 Å². The minimum absolute atomic E-state index is 0.456. The monoisotopic (exact) mass is 339 g/mol. The van der Waals surface area contributed by atoms with Crippen LogP contribution in [0.15, 0.2) is 29.4 Å². The number of hydrazone groups is 1. The summed E-state index contributed by atoms with van der Waals surface area (Å²) in [6.07, 6.45) is -3.38. The number of anilines is 1. The van der Waals surface area contributed by atoms with Crippen molar-refractivity contribution in [3.05, 3.63) is 34.9 Å². The summed E-state index contributed by atoms with van der Waals surface area (Å²) in [7, 11) is 0. The molecule has 0 aliphatic heterocycles. The summed E-state index contributed by atoms with van der Waals surface area (Å²) in [5.74, 6) is 0.456. The van der Waals surface area contributed by atoms with Crippen LogP contribution >= 0.6 is 11.6 Å². The molecule has 0 amide bonds. The average Bonchev–Trinajstić information content (AvgIpc) is 2.54. The third-order valence-electron chi connectivity index (χ3n) is 3.32. The molecule has 0 aliphatic rings. The van der Waals surface area contributed by atoms with Crippen molar-refractivity contribution in [2.45, 2.75) is 25.2 Å². The molecule has 0 unspecified atom stereocenters. The highest BCUT2D eigenvalue weighted by molar-refractivity contribution is 6.31. The molecular weight excluding hydrogens is 322 g/mol. The third kappa shape index (κ3) is 4.37. The van der Waals surface area contributed by atoms with Gasteiger partial charge in [-0.15, -0.1) is 0 Å². The van der Waals surface area contributed by atoms with E-state index in [1.165, 1.54) is 0 Å². The number of nitrogens with zero attached hydrogens (tertiary/aromatic N) is 2. The molecule has 0 radical (unpaired) electrons. The first kappa shape index (κ1) is 17.6. The third-order valence-corrected chi connectivity index (χ3v) is 3.55. The summed E-state index contributed by atoms with van der Waals surface area (Å²) < 4.78 is 0. The van der Waals surface area contributed by atoms with Crippen LogP contribution in [0.2, 0.25) is 5.02 Å². The van der Waals surface area contributed by atoms with Crippen molar-refractivity contribution in [1.82, 2.24) is 4.98 Å². The highest BCUT2D eigenvalue weighted by atomic mass is 35.5. The molecule has 0 bridgehead atoms. The van der Waals surface area contributed by atoms with Gasteiger partial charge in [0.25, 0.3) is 0 Å². The molecular formula is C15H18ClN3O4. The van der Waals surface area contributed by atoms with E-state index in [0.29, 0.717) is 10.8 Å². The average molecular weight is 340 g/mol. The lowest BCUT2D eigenvalue weighted by Gasteiger charge is -2.18. The van der Waals surface area contributed by atoms with E-state index in [4.69, 9.17) is 16.7 Å². The topological polar surface area (TPSA) is 118 Å². The van der Waals surface area contributed by atoms with Gasteiger partial charge in [0.05, 0.1) is 18.3 Å². The number of hydrogen-bond acceptors (Lipinski definition) is 7. The lowest BCUT2D eigenvalue weighted by molar-refractivity contribution is -0.0541. The van der Waals surface area contributed by atoms with E-state index in [1.807, 2.05) is 13.0 Å². The Morgan fingerprint density at radius 3 is 2.74 bits per heavy atom. The quantitative estimate of drug-likeness (QED) is 0.390.